The fraction of sp³-hybridized carbons (Fsp3) is 0.286. The summed E-state index contributed by atoms with van der Waals surface area (Å²) in [7, 11) is 0. The molecular weight excluding hydrogens is 269 g/mol. The lowest BCUT2D eigenvalue weighted by Crippen LogP contribution is -2.11. The fourth-order valence-electron chi connectivity index (χ4n) is 2.41. The van der Waals surface area contributed by atoms with Crippen LogP contribution in [0.3, 0.4) is 0 Å². The molecule has 1 aromatic carbocycles. The summed E-state index contributed by atoms with van der Waals surface area (Å²) in [6.45, 7) is 0. The molecular formula is C14H13ClFNS. The second kappa shape index (κ2) is 4.65. The van der Waals surface area contributed by atoms with Gasteiger partial charge in [0.1, 0.15) is 5.82 Å². The molecule has 1 aromatic heterocycles. The van der Waals surface area contributed by atoms with Gasteiger partial charge in [0.15, 0.2) is 0 Å². The Morgan fingerprint density at radius 3 is 2.89 bits per heavy atom. The fourth-order valence-corrected chi connectivity index (χ4v) is 3.92. The molecule has 0 aliphatic heterocycles. The van der Waals surface area contributed by atoms with E-state index < -0.39 is 0 Å². The Labute approximate surface area is 114 Å². The number of halogens is 2. The maximum Gasteiger partial charge on any atom is 0.123 e. The van der Waals surface area contributed by atoms with Gasteiger partial charge in [-0.2, -0.15) is 0 Å². The van der Waals surface area contributed by atoms with Crippen molar-refractivity contribution in [1.82, 2.24) is 0 Å². The van der Waals surface area contributed by atoms with E-state index in [2.05, 4.69) is 6.07 Å². The molecule has 1 unspecified atom stereocenters. The van der Waals surface area contributed by atoms with Crippen LogP contribution in [0.15, 0.2) is 24.3 Å². The van der Waals surface area contributed by atoms with Gasteiger partial charge in [-0.15, -0.1) is 11.3 Å². The van der Waals surface area contributed by atoms with Crippen molar-refractivity contribution in [2.45, 2.75) is 25.3 Å². The predicted molar refractivity (Wildman–Crippen MR) is 73.8 cm³/mol. The molecule has 0 amide bonds. The van der Waals surface area contributed by atoms with E-state index >= 15 is 0 Å². The van der Waals surface area contributed by atoms with E-state index in [0.29, 0.717) is 10.6 Å². The van der Waals surface area contributed by atoms with Gasteiger partial charge in [-0.1, -0.05) is 11.6 Å². The molecule has 0 saturated carbocycles. The Balaban J connectivity index is 1.98. The van der Waals surface area contributed by atoms with Gasteiger partial charge in [0, 0.05) is 14.8 Å². The highest BCUT2D eigenvalue weighted by molar-refractivity contribution is 7.12. The second-order valence-electron chi connectivity index (χ2n) is 4.59. The molecule has 1 nitrogen and oxygen atoms in total. The van der Waals surface area contributed by atoms with Crippen LogP contribution in [-0.4, -0.2) is 0 Å². The third-order valence-corrected chi connectivity index (χ3v) is 5.03. The number of fused-ring (bicyclic) bond motifs is 1. The minimum atomic E-state index is -0.330. The minimum absolute atomic E-state index is 0.297. The lowest BCUT2D eigenvalue weighted by molar-refractivity contribution is 0.624. The van der Waals surface area contributed by atoms with Crippen molar-refractivity contribution < 1.29 is 4.39 Å². The molecule has 1 aliphatic rings. The number of rotatable bonds is 2. The van der Waals surface area contributed by atoms with Crippen molar-refractivity contribution in [2.24, 2.45) is 5.73 Å². The van der Waals surface area contributed by atoms with Gasteiger partial charge in [0.05, 0.1) is 6.04 Å². The van der Waals surface area contributed by atoms with Crippen molar-refractivity contribution in [3.63, 3.8) is 0 Å². The SMILES string of the molecule is NC(c1cc2c(s1)CCC2)c1cc(F)ccc1Cl. The molecule has 1 heterocycles. The first-order valence-corrected chi connectivity index (χ1v) is 7.16. The number of benzene rings is 1. The van der Waals surface area contributed by atoms with Gasteiger partial charge >= 0.3 is 0 Å². The summed E-state index contributed by atoms with van der Waals surface area (Å²) in [6.07, 6.45) is 3.51. The largest absolute Gasteiger partial charge is 0.320 e. The summed E-state index contributed by atoms with van der Waals surface area (Å²) in [5.74, 6) is -0.297. The van der Waals surface area contributed by atoms with Crippen LogP contribution in [-0.2, 0) is 12.8 Å². The van der Waals surface area contributed by atoms with Crippen molar-refractivity contribution in [3.05, 3.63) is 56.0 Å². The predicted octanol–water partition coefficient (Wildman–Crippen LogP) is 4.08. The summed E-state index contributed by atoms with van der Waals surface area (Å²) in [6, 6.07) is 6.17. The number of hydrogen-bond donors (Lipinski definition) is 1. The van der Waals surface area contributed by atoms with E-state index in [0.717, 1.165) is 17.7 Å². The van der Waals surface area contributed by atoms with Crippen LogP contribution in [0.2, 0.25) is 5.02 Å². The molecule has 18 heavy (non-hydrogen) atoms. The van der Waals surface area contributed by atoms with Gasteiger partial charge < -0.3 is 5.73 Å². The van der Waals surface area contributed by atoms with Crippen LogP contribution in [0.1, 0.15) is 33.3 Å². The van der Waals surface area contributed by atoms with Gasteiger partial charge in [0.25, 0.3) is 0 Å². The Morgan fingerprint density at radius 1 is 1.28 bits per heavy atom. The van der Waals surface area contributed by atoms with Crippen molar-refractivity contribution in [2.75, 3.05) is 0 Å². The summed E-state index contributed by atoms with van der Waals surface area (Å²) in [5, 5.41) is 0.525. The highest BCUT2D eigenvalue weighted by atomic mass is 35.5. The number of hydrogen-bond acceptors (Lipinski definition) is 2. The van der Waals surface area contributed by atoms with Crippen LogP contribution < -0.4 is 5.73 Å². The Morgan fingerprint density at radius 2 is 2.11 bits per heavy atom. The van der Waals surface area contributed by atoms with Crippen LogP contribution >= 0.6 is 22.9 Å². The Kier molecular flexibility index (Phi) is 3.14. The van der Waals surface area contributed by atoms with Crippen molar-refractivity contribution in [1.29, 1.82) is 0 Å². The number of aryl methyl sites for hydroxylation is 2. The highest BCUT2D eigenvalue weighted by Crippen LogP contribution is 2.36. The molecule has 0 fully saturated rings. The van der Waals surface area contributed by atoms with E-state index in [4.69, 9.17) is 17.3 Å². The molecule has 94 valence electrons. The second-order valence-corrected chi connectivity index (χ2v) is 6.17. The van der Waals surface area contributed by atoms with Gasteiger partial charge in [-0.25, -0.2) is 4.39 Å². The average molecular weight is 282 g/mol. The van der Waals surface area contributed by atoms with E-state index in [1.807, 2.05) is 0 Å². The topological polar surface area (TPSA) is 26.0 Å². The molecule has 0 bridgehead atoms. The first-order chi connectivity index (χ1) is 8.65. The third-order valence-electron chi connectivity index (χ3n) is 3.37. The van der Waals surface area contributed by atoms with Gasteiger partial charge in [0.2, 0.25) is 0 Å². The summed E-state index contributed by atoms with van der Waals surface area (Å²) >= 11 is 7.83. The molecule has 2 aromatic rings. The quantitative estimate of drug-likeness (QED) is 0.882. The third kappa shape index (κ3) is 2.07. The van der Waals surface area contributed by atoms with Gasteiger partial charge in [-0.3, -0.25) is 0 Å². The average Bonchev–Trinajstić information content (AvgIpc) is 2.91. The normalized spacial score (nSPS) is 15.7. The maximum atomic E-state index is 13.3. The Bertz CT molecular complexity index is 572. The number of thiophene rings is 1. The Hall–Kier alpha value is -0.900. The minimum Gasteiger partial charge on any atom is -0.320 e. The molecule has 1 atom stereocenters. The lowest BCUT2D eigenvalue weighted by atomic mass is 10.1. The van der Waals surface area contributed by atoms with E-state index in [-0.39, 0.29) is 11.9 Å². The van der Waals surface area contributed by atoms with Crippen LogP contribution in [0.4, 0.5) is 4.39 Å². The maximum absolute atomic E-state index is 13.3. The van der Waals surface area contributed by atoms with Crippen LogP contribution in [0.25, 0.3) is 0 Å². The zero-order valence-corrected chi connectivity index (χ0v) is 11.3. The molecule has 0 radical (unpaired) electrons. The summed E-state index contributed by atoms with van der Waals surface area (Å²) in [4.78, 5) is 2.50. The first-order valence-electron chi connectivity index (χ1n) is 5.97. The van der Waals surface area contributed by atoms with E-state index in [1.54, 1.807) is 17.4 Å². The number of nitrogens with two attached hydrogens (primary N) is 1. The smallest absolute Gasteiger partial charge is 0.123 e. The molecule has 3 rings (SSSR count). The molecule has 0 saturated heterocycles. The van der Waals surface area contributed by atoms with E-state index in [1.165, 1.54) is 29.0 Å². The monoisotopic (exact) mass is 281 g/mol. The van der Waals surface area contributed by atoms with Crippen molar-refractivity contribution >= 4 is 22.9 Å². The first kappa shape index (κ1) is 12.2. The molecule has 0 spiro atoms. The molecule has 2 N–H and O–H groups in total. The summed E-state index contributed by atoms with van der Waals surface area (Å²) < 4.78 is 13.3. The molecule has 4 heteroatoms. The van der Waals surface area contributed by atoms with E-state index in [9.17, 15) is 4.39 Å². The van der Waals surface area contributed by atoms with Crippen LogP contribution in [0, 0.1) is 5.82 Å². The standard InChI is InChI=1S/C14H13ClFNS/c15-11-5-4-9(16)7-10(11)14(17)13-6-8-2-1-3-12(8)18-13/h4-7,14H,1-3,17H2. The van der Waals surface area contributed by atoms with Crippen molar-refractivity contribution in [3.8, 4) is 0 Å². The highest BCUT2D eigenvalue weighted by Gasteiger charge is 2.20. The van der Waals surface area contributed by atoms with Crippen LogP contribution in [0.5, 0.6) is 0 Å². The zero-order valence-electron chi connectivity index (χ0n) is 9.75. The summed E-state index contributed by atoms with van der Waals surface area (Å²) in [5.41, 5.74) is 8.27. The molecule has 1 aliphatic carbocycles. The lowest BCUT2D eigenvalue weighted by Gasteiger charge is -2.12. The zero-order chi connectivity index (χ0) is 12.7. The van der Waals surface area contributed by atoms with Gasteiger partial charge in [-0.05, 0) is 54.7 Å².